The molecule has 0 amide bonds. The first kappa shape index (κ1) is 20.1. The minimum Gasteiger partial charge on any atom is -0.486 e. The average Bonchev–Trinajstić information content (AvgIpc) is 3.09. The highest BCUT2D eigenvalue weighted by molar-refractivity contribution is 7.89. The van der Waals surface area contributed by atoms with E-state index in [-0.39, 0.29) is 11.4 Å². The number of nitrogens with zero attached hydrogens (tertiary/aromatic N) is 4. The molecule has 1 aliphatic rings. The molecular weight excluding hydrogens is 408 g/mol. The lowest BCUT2D eigenvalue weighted by molar-refractivity contribution is 0.171. The van der Waals surface area contributed by atoms with Crippen LogP contribution in [0, 0.1) is 13.8 Å². The number of nitrogens with one attached hydrogen (secondary N) is 2. The maximum Gasteiger partial charge on any atom is 0.240 e. The SMILES string of the molecule is Cc1cc(C)n(-c2ccc(NCCNS(=O)(=O)c3ccc4c(c3)OCCO4)nn2)n1. The quantitative estimate of drug-likeness (QED) is 0.540. The van der Waals surface area contributed by atoms with Crippen molar-refractivity contribution in [3.63, 3.8) is 0 Å². The molecule has 0 spiro atoms. The molecule has 1 aromatic carbocycles. The fraction of sp³-hybridized carbons (Fsp3) is 0.316. The number of benzene rings is 1. The highest BCUT2D eigenvalue weighted by Gasteiger charge is 2.19. The Morgan fingerprint density at radius 2 is 1.80 bits per heavy atom. The number of fused-ring (bicyclic) bond motifs is 1. The third-order valence-electron chi connectivity index (χ3n) is 4.42. The molecule has 0 saturated carbocycles. The Hall–Kier alpha value is -3.18. The molecule has 0 atom stereocenters. The molecule has 3 heterocycles. The van der Waals surface area contributed by atoms with E-state index in [1.54, 1.807) is 22.9 Å². The molecular formula is C19H22N6O4S. The molecule has 0 bridgehead atoms. The van der Waals surface area contributed by atoms with Crippen LogP contribution >= 0.6 is 0 Å². The van der Waals surface area contributed by atoms with Gasteiger partial charge in [0.2, 0.25) is 10.0 Å². The van der Waals surface area contributed by atoms with E-state index in [2.05, 4.69) is 25.3 Å². The van der Waals surface area contributed by atoms with Crippen molar-refractivity contribution in [2.75, 3.05) is 31.6 Å². The summed E-state index contributed by atoms with van der Waals surface area (Å²) < 4.78 is 40.1. The number of hydrogen-bond donors (Lipinski definition) is 2. The maximum absolute atomic E-state index is 12.5. The fourth-order valence-corrected chi connectivity index (χ4v) is 4.09. The van der Waals surface area contributed by atoms with Gasteiger partial charge in [-0.25, -0.2) is 17.8 Å². The van der Waals surface area contributed by atoms with Crippen LogP contribution in [0.3, 0.4) is 0 Å². The van der Waals surface area contributed by atoms with Crippen molar-refractivity contribution in [3.8, 4) is 17.3 Å². The highest BCUT2D eigenvalue weighted by atomic mass is 32.2. The van der Waals surface area contributed by atoms with E-state index in [1.807, 2.05) is 19.9 Å². The van der Waals surface area contributed by atoms with Gasteiger partial charge in [-0.2, -0.15) is 5.10 Å². The minimum atomic E-state index is -3.67. The summed E-state index contributed by atoms with van der Waals surface area (Å²) in [5, 5.41) is 15.7. The van der Waals surface area contributed by atoms with Gasteiger partial charge >= 0.3 is 0 Å². The lowest BCUT2D eigenvalue weighted by Crippen LogP contribution is -2.29. The molecule has 2 aromatic heterocycles. The zero-order valence-electron chi connectivity index (χ0n) is 16.6. The molecule has 0 saturated heterocycles. The molecule has 1 aliphatic heterocycles. The van der Waals surface area contributed by atoms with Crippen molar-refractivity contribution < 1.29 is 17.9 Å². The highest BCUT2D eigenvalue weighted by Crippen LogP contribution is 2.32. The molecule has 158 valence electrons. The first-order chi connectivity index (χ1) is 14.4. The van der Waals surface area contributed by atoms with E-state index >= 15 is 0 Å². The normalized spacial score (nSPS) is 13.3. The van der Waals surface area contributed by atoms with Crippen LogP contribution in [0.4, 0.5) is 5.82 Å². The van der Waals surface area contributed by atoms with Crippen molar-refractivity contribution in [1.29, 1.82) is 0 Å². The van der Waals surface area contributed by atoms with Crippen molar-refractivity contribution in [2.24, 2.45) is 0 Å². The summed E-state index contributed by atoms with van der Waals surface area (Å²) in [6.07, 6.45) is 0. The van der Waals surface area contributed by atoms with Crippen LogP contribution < -0.4 is 19.5 Å². The van der Waals surface area contributed by atoms with Gasteiger partial charge in [0.05, 0.1) is 10.6 Å². The molecule has 0 radical (unpaired) electrons. The van der Waals surface area contributed by atoms with Gasteiger partial charge in [-0.05, 0) is 44.2 Å². The van der Waals surface area contributed by atoms with E-state index in [4.69, 9.17) is 9.47 Å². The topological polar surface area (TPSA) is 120 Å². The summed E-state index contributed by atoms with van der Waals surface area (Å²) >= 11 is 0. The van der Waals surface area contributed by atoms with E-state index in [1.165, 1.54) is 12.1 Å². The Balaban J connectivity index is 1.32. The van der Waals surface area contributed by atoms with Gasteiger partial charge in [-0.1, -0.05) is 0 Å². The first-order valence-electron chi connectivity index (χ1n) is 9.43. The zero-order chi connectivity index (χ0) is 21.1. The molecule has 2 N–H and O–H groups in total. The standard InChI is InChI=1S/C19H22N6O4S/c1-13-11-14(2)25(24-13)19-6-5-18(22-23-19)20-7-8-21-30(26,27)15-3-4-16-17(12-15)29-10-9-28-16/h3-6,11-12,21H,7-10H2,1-2H3,(H,20,22). The van der Waals surface area contributed by atoms with Crippen LogP contribution in [0.5, 0.6) is 11.5 Å². The predicted molar refractivity (Wildman–Crippen MR) is 110 cm³/mol. The van der Waals surface area contributed by atoms with Crippen LogP contribution in [0.25, 0.3) is 5.82 Å². The molecule has 0 unspecified atom stereocenters. The number of sulfonamides is 1. The first-order valence-corrected chi connectivity index (χ1v) is 10.9. The maximum atomic E-state index is 12.5. The largest absolute Gasteiger partial charge is 0.486 e. The predicted octanol–water partition coefficient (Wildman–Crippen LogP) is 1.44. The van der Waals surface area contributed by atoms with Gasteiger partial charge in [0, 0.05) is 24.8 Å². The van der Waals surface area contributed by atoms with Crippen molar-refractivity contribution in [2.45, 2.75) is 18.7 Å². The van der Waals surface area contributed by atoms with E-state index in [9.17, 15) is 8.42 Å². The molecule has 30 heavy (non-hydrogen) atoms. The van der Waals surface area contributed by atoms with Crippen LogP contribution in [-0.4, -0.2) is 54.7 Å². The van der Waals surface area contributed by atoms with Crippen molar-refractivity contribution in [3.05, 3.63) is 47.8 Å². The van der Waals surface area contributed by atoms with Crippen LogP contribution in [0.15, 0.2) is 41.3 Å². The lowest BCUT2D eigenvalue weighted by Gasteiger charge is -2.19. The lowest BCUT2D eigenvalue weighted by atomic mass is 10.3. The van der Waals surface area contributed by atoms with Gasteiger partial charge in [0.1, 0.15) is 19.0 Å². The Morgan fingerprint density at radius 1 is 1.00 bits per heavy atom. The van der Waals surface area contributed by atoms with Crippen molar-refractivity contribution in [1.82, 2.24) is 24.7 Å². The van der Waals surface area contributed by atoms with Gasteiger partial charge in [-0.3, -0.25) is 0 Å². The molecule has 4 rings (SSSR count). The Labute approximate surface area is 174 Å². The van der Waals surface area contributed by atoms with Gasteiger partial charge in [0.15, 0.2) is 17.3 Å². The third-order valence-corrected chi connectivity index (χ3v) is 5.88. The van der Waals surface area contributed by atoms with Crippen LogP contribution in [-0.2, 0) is 10.0 Å². The number of aromatic nitrogens is 4. The summed E-state index contributed by atoms with van der Waals surface area (Å²) in [7, 11) is -3.67. The van der Waals surface area contributed by atoms with Gasteiger partial charge in [-0.15, -0.1) is 10.2 Å². The number of rotatable bonds is 7. The zero-order valence-corrected chi connectivity index (χ0v) is 17.4. The molecule has 10 nitrogen and oxygen atoms in total. The number of hydrogen-bond acceptors (Lipinski definition) is 8. The monoisotopic (exact) mass is 430 g/mol. The fourth-order valence-electron chi connectivity index (χ4n) is 3.04. The molecule has 11 heteroatoms. The van der Waals surface area contributed by atoms with Gasteiger partial charge in [0.25, 0.3) is 0 Å². The summed E-state index contributed by atoms with van der Waals surface area (Å²) in [5.41, 5.74) is 1.87. The summed E-state index contributed by atoms with van der Waals surface area (Å²) in [4.78, 5) is 0.126. The van der Waals surface area contributed by atoms with E-state index in [0.29, 0.717) is 42.9 Å². The Kier molecular flexibility index (Phi) is 5.55. The second-order valence-corrected chi connectivity index (χ2v) is 8.51. The second-order valence-electron chi connectivity index (χ2n) is 6.75. The molecule has 0 fully saturated rings. The number of ether oxygens (including phenoxy) is 2. The summed E-state index contributed by atoms with van der Waals surface area (Å²) in [6.45, 7) is 5.23. The van der Waals surface area contributed by atoms with Crippen LogP contribution in [0.1, 0.15) is 11.4 Å². The second kappa shape index (κ2) is 8.28. The average molecular weight is 430 g/mol. The van der Waals surface area contributed by atoms with E-state index in [0.717, 1.165) is 11.4 Å². The Bertz CT molecular complexity index is 1140. The summed E-state index contributed by atoms with van der Waals surface area (Å²) in [5.74, 6) is 2.13. The number of anilines is 1. The summed E-state index contributed by atoms with van der Waals surface area (Å²) in [6, 6.07) is 10.1. The molecule has 3 aromatic rings. The Morgan fingerprint density at radius 3 is 2.50 bits per heavy atom. The van der Waals surface area contributed by atoms with Crippen molar-refractivity contribution >= 4 is 15.8 Å². The number of aryl methyl sites for hydroxylation is 2. The smallest absolute Gasteiger partial charge is 0.240 e. The van der Waals surface area contributed by atoms with Gasteiger partial charge < -0.3 is 14.8 Å². The molecule has 0 aliphatic carbocycles. The minimum absolute atomic E-state index is 0.126. The third kappa shape index (κ3) is 4.36. The van der Waals surface area contributed by atoms with E-state index < -0.39 is 10.0 Å². The van der Waals surface area contributed by atoms with Crippen LogP contribution in [0.2, 0.25) is 0 Å².